The zero-order valence-electron chi connectivity index (χ0n) is 9.69. The summed E-state index contributed by atoms with van der Waals surface area (Å²) in [5.74, 6) is -0.871. The highest BCUT2D eigenvalue weighted by molar-refractivity contribution is 7.89. The standard InChI is InChI=1S/C9H20N2O4S/c1-3-5-8(9(12)13)10-6-7-11-16(14,15)4-2/h8,10-11H,3-7H2,1-2H3,(H,12,13). The molecule has 7 heteroatoms. The van der Waals surface area contributed by atoms with Crippen molar-refractivity contribution in [3.8, 4) is 0 Å². The summed E-state index contributed by atoms with van der Waals surface area (Å²) in [4.78, 5) is 10.7. The summed E-state index contributed by atoms with van der Waals surface area (Å²) in [6.07, 6.45) is 1.31. The van der Waals surface area contributed by atoms with Crippen LogP contribution in [0.2, 0.25) is 0 Å². The van der Waals surface area contributed by atoms with E-state index in [-0.39, 0.29) is 12.3 Å². The molecule has 0 heterocycles. The van der Waals surface area contributed by atoms with Gasteiger partial charge < -0.3 is 10.4 Å². The number of rotatable bonds is 9. The molecule has 0 radical (unpaired) electrons. The number of sulfonamides is 1. The lowest BCUT2D eigenvalue weighted by molar-refractivity contribution is -0.139. The molecular weight excluding hydrogens is 232 g/mol. The third-order valence-corrected chi connectivity index (χ3v) is 3.50. The molecule has 0 aromatic rings. The van der Waals surface area contributed by atoms with Crippen LogP contribution in [0, 0.1) is 0 Å². The van der Waals surface area contributed by atoms with Crippen LogP contribution in [0.25, 0.3) is 0 Å². The SMILES string of the molecule is CCCC(NCCNS(=O)(=O)CC)C(=O)O. The number of nitrogens with one attached hydrogen (secondary N) is 2. The van der Waals surface area contributed by atoms with Gasteiger partial charge in [0.15, 0.2) is 0 Å². The Morgan fingerprint density at radius 3 is 2.38 bits per heavy atom. The Kier molecular flexibility index (Phi) is 7.27. The van der Waals surface area contributed by atoms with Gasteiger partial charge in [-0.25, -0.2) is 13.1 Å². The van der Waals surface area contributed by atoms with E-state index in [0.29, 0.717) is 13.0 Å². The second-order valence-electron chi connectivity index (χ2n) is 3.43. The lowest BCUT2D eigenvalue weighted by Gasteiger charge is -2.13. The third-order valence-electron chi connectivity index (χ3n) is 2.09. The first kappa shape index (κ1) is 15.3. The van der Waals surface area contributed by atoms with Gasteiger partial charge in [0.1, 0.15) is 6.04 Å². The Morgan fingerprint density at radius 1 is 1.31 bits per heavy atom. The molecule has 3 N–H and O–H groups in total. The molecule has 0 fully saturated rings. The van der Waals surface area contributed by atoms with Gasteiger partial charge in [0, 0.05) is 13.1 Å². The highest BCUT2D eigenvalue weighted by atomic mass is 32.2. The first-order valence-corrected chi connectivity index (χ1v) is 7.01. The Bertz CT molecular complexity index is 303. The molecule has 0 aliphatic heterocycles. The Hall–Kier alpha value is -0.660. The molecule has 16 heavy (non-hydrogen) atoms. The molecule has 0 aromatic carbocycles. The summed E-state index contributed by atoms with van der Waals surface area (Å²) in [5.41, 5.74) is 0. The lowest BCUT2D eigenvalue weighted by Crippen LogP contribution is -2.41. The summed E-state index contributed by atoms with van der Waals surface area (Å²) in [6, 6.07) is -0.601. The van der Waals surface area contributed by atoms with Crippen molar-refractivity contribution >= 4 is 16.0 Å². The van der Waals surface area contributed by atoms with Crippen LogP contribution in [-0.4, -0.2) is 44.4 Å². The van der Waals surface area contributed by atoms with Crippen molar-refractivity contribution in [3.63, 3.8) is 0 Å². The summed E-state index contributed by atoms with van der Waals surface area (Å²) in [6.45, 7) is 3.98. The number of carboxylic acids is 1. The number of aliphatic carboxylic acids is 1. The minimum absolute atomic E-state index is 0.0321. The molecule has 1 unspecified atom stereocenters. The van der Waals surface area contributed by atoms with Crippen LogP contribution < -0.4 is 10.0 Å². The summed E-state index contributed by atoms with van der Waals surface area (Å²) < 4.78 is 24.5. The van der Waals surface area contributed by atoms with Gasteiger partial charge in [-0.2, -0.15) is 0 Å². The second-order valence-corrected chi connectivity index (χ2v) is 5.53. The summed E-state index contributed by atoms with van der Waals surface area (Å²) >= 11 is 0. The fourth-order valence-corrected chi connectivity index (χ4v) is 1.77. The maximum atomic E-state index is 11.0. The predicted octanol–water partition coefficient (Wildman–Crippen LogP) is -0.231. The molecule has 0 aliphatic rings. The Labute approximate surface area is 96.5 Å². The van der Waals surface area contributed by atoms with E-state index >= 15 is 0 Å². The highest BCUT2D eigenvalue weighted by Gasteiger charge is 2.15. The molecule has 0 rings (SSSR count). The first-order valence-electron chi connectivity index (χ1n) is 5.36. The molecule has 0 bridgehead atoms. The van der Waals surface area contributed by atoms with Crippen molar-refractivity contribution in [2.24, 2.45) is 0 Å². The average Bonchev–Trinajstić information content (AvgIpc) is 2.22. The second kappa shape index (κ2) is 7.59. The van der Waals surface area contributed by atoms with Gasteiger partial charge in [-0.05, 0) is 13.3 Å². The number of hydrogen-bond acceptors (Lipinski definition) is 4. The van der Waals surface area contributed by atoms with Gasteiger partial charge in [-0.3, -0.25) is 4.79 Å². The first-order chi connectivity index (χ1) is 7.43. The van der Waals surface area contributed by atoms with E-state index in [1.165, 1.54) is 0 Å². The maximum absolute atomic E-state index is 11.0. The zero-order valence-corrected chi connectivity index (χ0v) is 10.5. The van der Waals surface area contributed by atoms with Crippen LogP contribution in [0.4, 0.5) is 0 Å². The fourth-order valence-electron chi connectivity index (χ4n) is 1.16. The van der Waals surface area contributed by atoms with Crippen LogP contribution in [0.1, 0.15) is 26.7 Å². The van der Waals surface area contributed by atoms with Crippen molar-refractivity contribution in [1.29, 1.82) is 0 Å². The van der Waals surface area contributed by atoms with Gasteiger partial charge >= 0.3 is 5.97 Å². The molecular formula is C9H20N2O4S. The minimum atomic E-state index is -3.19. The molecule has 6 nitrogen and oxygen atoms in total. The lowest BCUT2D eigenvalue weighted by atomic mass is 10.2. The molecule has 0 spiro atoms. The van der Waals surface area contributed by atoms with Crippen LogP contribution in [0.15, 0.2) is 0 Å². The average molecular weight is 252 g/mol. The monoisotopic (exact) mass is 252 g/mol. The van der Waals surface area contributed by atoms with Gasteiger partial charge in [0.05, 0.1) is 5.75 Å². The number of carbonyl (C=O) groups is 1. The van der Waals surface area contributed by atoms with Gasteiger partial charge in [0.2, 0.25) is 10.0 Å². The van der Waals surface area contributed by atoms with Crippen molar-refractivity contribution in [2.75, 3.05) is 18.8 Å². The van der Waals surface area contributed by atoms with E-state index in [9.17, 15) is 13.2 Å². The van der Waals surface area contributed by atoms with Gasteiger partial charge in [0.25, 0.3) is 0 Å². The van der Waals surface area contributed by atoms with Crippen LogP contribution >= 0.6 is 0 Å². The number of hydrogen-bond donors (Lipinski definition) is 3. The quantitative estimate of drug-likeness (QED) is 0.493. The summed E-state index contributed by atoms with van der Waals surface area (Å²) in [7, 11) is -3.19. The predicted molar refractivity (Wildman–Crippen MR) is 61.8 cm³/mol. The van der Waals surface area contributed by atoms with Crippen LogP contribution in [0.5, 0.6) is 0 Å². The molecule has 0 saturated heterocycles. The summed E-state index contributed by atoms with van der Waals surface area (Å²) in [5, 5.41) is 11.6. The normalized spacial score (nSPS) is 13.6. The van der Waals surface area contributed by atoms with E-state index in [2.05, 4.69) is 10.0 Å². The fraction of sp³-hybridized carbons (Fsp3) is 0.889. The van der Waals surface area contributed by atoms with Crippen molar-refractivity contribution in [3.05, 3.63) is 0 Å². The van der Waals surface area contributed by atoms with E-state index < -0.39 is 22.0 Å². The minimum Gasteiger partial charge on any atom is -0.480 e. The van der Waals surface area contributed by atoms with Crippen molar-refractivity contribution < 1.29 is 18.3 Å². The molecule has 0 saturated carbocycles. The number of carboxylic acid groups (broad SMARTS) is 1. The van der Waals surface area contributed by atoms with E-state index in [1.54, 1.807) is 6.92 Å². The topological polar surface area (TPSA) is 95.5 Å². The highest BCUT2D eigenvalue weighted by Crippen LogP contribution is 1.95. The van der Waals surface area contributed by atoms with E-state index in [4.69, 9.17) is 5.11 Å². The molecule has 1 atom stereocenters. The molecule has 0 aromatic heterocycles. The van der Waals surface area contributed by atoms with Crippen molar-refractivity contribution in [2.45, 2.75) is 32.7 Å². The Balaban J connectivity index is 3.83. The van der Waals surface area contributed by atoms with Crippen molar-refractivity contribution in [1.82, 2.24) is 10.0 Å². The van der Waals surface area contributed by atoms with E-state index in [0.717, 1.165) is 6.42 Å². The zero-order chi connectivity index (χ0) is 12.6. The third kappa shape index (κ3) is 6.76. The van der Waals surface area contributed by atoms with E-state index in [1.807, 2.05) is 6.92 Å². The maximum Gasteiger partial charge on any atom is 0.320 e. The molecule has 0 amide bonds. The Morgan fingerprint density at radius 2 is 1.94 bits per heavy atom. The smallest absolute Gasteiger partial charge is 0.320 e. The molecule has 96 valence electrons. The molecule has 0 aliphatic carbocycles. The van der Waals surface area contributed by atoms with Gasteiger partial charge in [-0.15, -0.1) is 0 Å². The van der Waals surface area contributed by atoms with Crippen LogP contribution in [-0.2, 0) is 14.8 Å². The van der Waals surface area contributed by atoms with Gasteiger partial charge in [-0.1, -0.05) is 13.3 Å². The van der Waals surface area contributed by atoms with Crippen LogP contribution in [0.3, 0.4) is 0 Å². The largest absolute Gasteiger partial charge is 0.480 e.